The van der Waals surface area contributed by atoms with Gasteiger partial charge in [-0.2, -0.15) is 0 Å². The topological polar surface area (TPSA) is 9.23 Å². The van der Waals surface area contributed by atoms with Gasteiger partial charge in [0.15, 0.2) is 0 Å². The van der Waals surface area contributed by atoms with Crippen LogP contribution in [-0.2, 0) is 20.3 Å². The Bertz CT molecular complexity index is 6.00. The van der Waals surface area contributed by atoms with Crippen LogP contribution in [-0.4, -0.2) is 0 Å². The van der Waals surface area contributed by atoms with Crippen molar-refractivity contribution in [2.75, 3.05) is 0 Å². The molecule has 0 saturated heterocycles. The Morgan fingerprint density at radius 3 is 1.25 bits per heavy atom. The molecule has 0 aliphatic carbocycles. The molecule has 0 fully saturated rings. The quantitative estimate of drug-likeness (QED) is 0.611. The van der Waals surface area contributed by atoms with E-state index in [-0.39, 0.29) is 17.4 Å². The molecule has 4 heavy (non-hydrogen) atoms. The molecule has 26 valence electrons. The molecule has 1 nitrogen and oxygen atoms in total. The van der Waals surface area contributed by atoms with Crippen LogP contribution in [0.25, 0.3) is 0 Å². The van der Waals surface area contributed by atoms with Crippen LogP contribution in [0, 0.1) is 0 Å². The molecule has 0 atom stereocenters. The van der Waals surface area contributed by atoms with Gasteiger partial charge in [-0.3, -0.25) is 0 Å². The van der Waals surface area contributed by atoms with Crippen LogP contribution >= 0.6 is 32.5 Å². The van der Waals surface area contributed by atoms with Crippen molar-refractivity contribution in [2.24, 2.45) is 0 Å². The Labute approximate surface area is 52.7 Å². The van der Waals surface area contributed by atoms with Crippen molar-refractivity contribution in [1.82, 2.24) is 0 Å². The molecule has 0 aromatic rings. The van der Waals surface area contributed by atoms with Gasteiger partial charge in [0.05, 0.1) is 0 Å². The van der Waals surface area contributed by atoms with Gasteiger partial charge in [-0.1, -0.05) is 0 Å². The summed E-state index contributed by atoms with van der Waals surface area (Å²) in [6.45, 7) is 0. The summed E-state index contributed by atoms with van der Waals surface area (Å²) in [5.74, 6) is 0. The molecular formula is Br2CrO. The molecule has 0 radical (unpaired) electrons. The fraction of sp³-hybridized carbons (Fsp3) is 0. The predicted octanol–water partition coefficient (Wildman–Crippen LogP) is 1.62. The molecule has 0 aromatic heterocycles. The van der Waals surface area contributed by atoms with Crippen molar-refractivity contribution in [3.8, 4) is 0 Å². The first-order valence-corrected chi connectivity index (χ1v) is 1.60. The Hall–Kier alpha value is 1.45. The molecule has 4 heteroatoms. The monoisotopic (exact) mass is 226 g/mol. The second kappa shape index (κ2) is 8.82. The zero-order valence-electron chi connectivity index (χ0n) is 1.57. The average molecular weight is 228 g/mol. The summed E-state index contributed by atoms with van der Waals surface area (Å²) in [5.41, 5.74) is 0. The van der Waals surface area contributed by atoms with Crippen molar-refractivity contribution in [3.63, 3.8) is 0 Å². The van der Waals surface area contributed by atoms with E-state index in [1.165, 1.54) is 0 Å². The van der Waals surface area contributed by atoms with Gasteiger partial charge >= 0.3 is 0 Å². The number of hydrogen-bond donors (Lipinski definition) is 0. The van der Waals surface area contributed by atoms with Gasteiger partial charge in [-0.25, -0.2) is 2.92 Å². The normalized spacial score (nSPS) is 4.50. The summed E-state index contributed by atoms with van der Waals surface area (Å²) in [5, 5.41) is 0. The van der Waals surface area contributed by atoms with Crippen LogP contribution < -0.4 is 0 Å². The maximum Gasteiger partial charge on any atom is 0.115 e. The molecule has 0 aliphatic heterocycles. The molecule has 0 unspecified atom stereocenters. The van der Waals surface area contributed by atoms with Gasteiger partial charge in [0.25, 0.3) is 0 Å². The zero-order valence-corrected chi connectivity index (χ0v) is 6.02. The van der Waals surface area contributed by atoms with Crippen LogP contribution in [0.5, 0.6) is 0 Å². The molecule has 0 aliphatic rings. The van der Waals surface area contributed by atoms with Crippen molar-refractivity contribution in [2.45, 2.75) is 0 Å². The first kappa shape index (κ1) is 9.07. The maximum atomic E-state index is 3.88. The van der Waals surface area contributed by atoms with E-state index in [0.29, 0.717) is 0 Å². The van der Waals surface area contributed by atoms with E-state index >= 15 is 0 Å². The van der Waals surface area contributed by atoms with E-state index in [4.69, 9.17) is 0 Å². The Kier molecular flexibility index (Phi) is 20.0. The third-order valence-electron chi connectivity index (χ3n) is 0. The minimum Gasteiger partial charge on any atom is -0.230 e. The van der Waals surface area contributed by atoms with Gasteiger partial charge in [0.1, 0.15) is 32.5 Å². The SMILES string of the molecule is BrOBr.[Cr]. The summed E-state index contributed by atoms with van der Waals surface area (Å²) in [6, 6.07) is 0. The Morgan fingerprint density at radius 2 is 1.25 bits per heavy atom. The molecular weight excluding hydrogens is 228 g/mol. The minimum atomic E-state index is 0. The Balaban J connectivity index is 0. The Morgan fingerprint density at radius 1 is 1.25 bits per heavy atom. The summed E-state index contributed by atoms with van der Waals surface area (Å²) < 4.78 is 3.88. The molecule has 0 saturated carbocycles. The summed E-state index contributed by atoms with van der Waals surface area (Å²) in [6.07, 6.45) is 0. The van der Waals surface area contributed by atoms with Crippen LogP contribution in [0.4, 0.5) is 0 Å². The van der Waals surface area contributed by atoms with Gasteiger partial charge in [-0.15, -0.1) is 0 Å². The van der Waals surface area contributed by atoms with E-state index in [9.17, 15) is 0 Å². The molecule has 0 spiro atoms. The third kappa shape index (κ3) is 9.84. The van der Waals surface area contributed by atoms with Gasteiger partial charge < -0.3 is 0 Å². The molecule has 0 bridgehead atoms. The minimum absolute atomic E-state index is 0. The first-order valence-electron chi connectivity index (χ1n) is 0.309. The number of rotatable bonds is 0. The van der Waals surface area contributed by atoms with E-state index in [2.05, 4.69) is 35.4 Å². The number of hydrogen-bond acceptors (Lipinski definition) is 1. The van der Waals surface area contributed by atoms with Crippen LogP contribution in [0.2, 0.25) is 0 Å². The largest absolute Gasteiger partial charge is 0.230 e. The van der Waals surface area contributed by atoms with Crippen molar-refractivity contribution >= 4 is 32.5 Å². The molecule has 0 amide bonds. The second-order valence-electron chi connectivity index (χ2n) is 0.0583. The van der Waals surface area contributed by atoms with Crippen LogP contribution in [0.15, 0.2) is 0 Å². The van der Waals surface area contributed by atoms with Crippen molar-refractivity contribution in [1.29, 1.82) is 0 Å². The van der Waals surface area contributed by atoms with Crippen molar-refractivity contribution in [3.05, 3.63) is 0 Å². The number of halogens is 2. The van der Waals surface area contributed by atoms with Crippen LogP contribution in [0.3, 0.4) is 0 Å². The van der Waals surface area contributed by atoms with Gasteiger partial charge in [0.2, 0.25) is 0 Å². The van der Waals surface area contributed by atoms with Crippen LogP contribution in [0.1, 0.15) is 0 Å². The second-order valence-corrected chi connectivity index (χ2v) is 1.57. The third-order valence-corrected chi connectivity index (χ3v) is 0. The van der Waals surface area contributed by atoms with E-state index < -0.39 is 0 Å². The molecule has 0 heterocycles. The first-order chi connectivity index (χ1) is 1.41. The predicted molar refractivity (Wildman–Crippen MR) is 18.9 cm³/mol. The fourth-order valence-electron chi connectivity index (χ4n) is 0. The van der Waals surface area contributed by atoms with Gasteiger partial charge in [0, 0.05) is 17.4 Å². The average Bonchev–Trinajstić information content (AvgIpc) is 0.918. The molecule has 0 aromatic carbocycles. The maximum absolute atomic E-state index is 3.88. The van der Waals surface area contributed by atoms with Gasteiger partial charge in [-0.05, 0) is 0 Å². The smallest absolute Gasteiger partial charge is 0.115 e. The van der Waals surface area contributed by atoms with E-state index in [0.717, 1.165) is 0 Å². The summed E-state index contributed by atoms with van der Waals surface area (Å²) in [7, 11) is 0. The van der Waals surface area contributed by atoms with E-state index in [1.807, 2.05) is 0 Å². The van der Waals surface area contributed by atoms with Crippen molar-refractivity contribution < 1.29 is 20.3 Å². The zero-order chi connectivity index (χ0) is 2.71. The molecule has 0 rings (SSSR count). The van der Waals surface area contributed by atoms with E-state index in [1.54, 1.807) is 0 Å². The summed E-state index contributed by atoms with van der Waals surface area (Å²) >= 11 is 5.12. The fourth-order valence-corrected chi connectivity index (χ4v) is 0. The summed E-state index contributed by atoms with van der Waals surface area (Å²) in [4.78, 5) is 0. The standard InChI is InChI=1S/Br2O.Cr/c1-3-2;. The molecule has 0 N–H and O–H groups in total.